The number of nitrogens with zero attached hydrogens (tertiary/aromatic N) is 3. The first-order valence-electron chi connectivity index (χ1n) is 9.91. The first-order chi connectivity index (χ1) is 14.9. The predicted octanol–water partition coefficient (Wildman–Crippen LogP) is 3.78. The number of amides is 2. The third kappa shape index (κ3) is 6.56. The van der Waals surface area contributed by atoms with Crippen LogP contribution in [0.15, 0.2) is 42.6 Å². The molecular weight excluding hydrogens is 394 g/mol. The molecular formula is C22H27N7O2. The van der Waals surface area contributed by atoms with Crippen molar-refractivity contribution in [3.63, 3.8) is 0 Å². The monoisotopic (exact) mass is 421 g/mol. The minimum atomic E-state index is -0.276. The van der Waals surface area contributed by atoms with Gasteiger partial charge in [0.15, 0.2) is 0 Å². The van der Waals surface area contributed by atoms with E-state index in [1.165, 1.54) is 0 Å². The minimum Gasteiger partial charge on any atom is -0.497 e. The van der Waals surface area contributed by atoms with Crippen molar-refractivity contribution >= 4 is 29.2 Å². The van der Waals surface area contributed by atoms with Crippen LogP contribution in [0.25, 0.3) is 0 Å². The number of methoxy groups -OCH3 is 1. The molecule has 0 spiro atoms. The van der Waals surface area contributed by atoms with Gasteiger partial charge in [0.1, 0.15) is 29.0 Å². The number of hydrogen-bond acceptors (Lipinski definition) is 7. The lowest BCUT2D eigenvalue weighted by Gasteiger charge is -2.12. The number of urea groups is 1. The number of carbonyl (C=O) groups excluding carboxylic acids is 1. The van der Waals surface area contributed by atoms with Crippen molar-refractivity contribution < 1.29 is 9.53 Å². The molecule has 3 aromatic rings. The standard InChI is InChI=1S/C22H27N7O2/c1-14-7-8-23-19(11-14)29-21-13-20(26-16(3)27-21)24-9-10-25-22(30)28-18-6-5-17(31-4)12-15(18)2/h5-8,11-13H,9-10H2,1-4H3,(H2,25,28,30)(H2,23,24,26,27,29). The van der Waals surface area contributed by atoms with E-state index in [1.807, 2.05) is 45.0 Å². The molecule has 9 nitrogen and oxygen atoms in total. The first kappa shape index (κ1) is 21.8. The summed E-state index contributed by atoms with van der Waals surface area (Å²) in [7, 11) is 1.61. The lowest BCUT2D eigenvalue weighted by atomic mass is 10.2. The molecule has 0 fully saturated rings. The van der Waals surface area contributed by atoms with Gasteiger partial charge < -0.3 is 26.0 Å². The second-order valence-corrected chi connectivity index (χ2v) is 7.02. The molecule has 1 aromatic carbocycles. The zero-order valence-electron chi connectivity index (χ0n) is 18.1. The lowest BCUT2D eigenvalue weighted by Crippen LogP contribution is -2.33. The van der Waals surface area contributed by atoms with Crippen molar-refractivity contribution in [2.75, 3.05) is 36.1 Å². The Balaban J connectivity index is 1.49. The number of pyridine rings is 1. The van der Waals surface area contributed by atoms with Gasteiger partial charge in [-0.05, 0) is 62.2 Å². The van der Waals surface area contributed by atoms with Gasteiger partial charge in [-0.2, -0.15) is 0 Å². The summed E-state index contributed by atoms with van der Waals surface area (Å²) in [6.07, 6.45) is 1.75. The Bertz CT molecular complexity index is 1060. The van der Waals surface area contributed by atoms with Gasteiger partial charge in [-0.25, -0.2) is 19.7 Å². The van der Waals surface area contributed by atoms with Crippen LogP contribution in [0.2, 0.25) is 0 Å². The summed E-state index contributed by atoms with van der Waals surface area (Å²) >= 11 is 0. The summed E-state index contributed by atoms with van der Waals surface area (Å²) in [6.45, 7) is 6.67. The number of aryl methyl sites for hydroxylation is 3. The van der Waals surface area contributed by atoms with Crippen molar-refractivity contribution in [1.82, 2.24) is 20.3 Å². The molecule has 162 valence electrons. The Hall–Kier alpha value is -3.88. The molecule has 9 heteroatoms. The van der Waals surface area contributed by atoms with Gasteiger partial charge in [0.25, 0.3) is 0 Å². The Morgan fingerprint density at radius 2 is 1.77 bits per heavy atom. The smallest absolute Gasteiger partial charge is 0.319 e. The van der Waals surface area contributed by atoms with E-state index in [1.54, 1.807) is 25.4 Å². The highest BCUT2D eigenvalue weighted by Crippen LogP contribution is 2.21. The van der Waals surface area contributed by atoms with Crippen LogP contribution in [-0.2, 0) is 0 Å². The molecule has 0 saturated carbocycles. The van der Waals surface area contributed by atoms with Crippen LogP contribution < -0.4 is 26.0 Å². The fourth-order valence-corrected chi connectivity index (χ4v) is 2.89. The van der Waals surface area contributed by atoms with Crippen molar-refractivity contribution in [2.45, 2.75) is 20.8 Å². The minimum absolute atomic E-state index is 0.276. The van der Waals surface area contributed by atoms with Crippen LogP contribution in [0.1, 0.15) is 17.0 Å². The maximum Gasteiger partial charge on any atom is 0.319 e. The normalized spacial score (nSPS) is 10.3. The summed E-state index contributed by atoms with van der Waals surface area (Å²) in [5.74, 6) is 3.40. The Kier molecular flexibility index (Phi) is 7.21. The molecule has 0 saturated heterocycles. The van der Waals surface area contributed by atoms with Crippen LogP contribution in [0.5, 0.6) is 5.75 Å². The number of anilines is 4. The molecule has 0 unspecified atom stereocenters. The van der Waals surface area contributed by atoms with Crippen LogP contribution in [0.4, 0.5) is 27.9 Å². The molecule has 2 heterocycles. The number of nitrogens with one attached hydrogen (secondary N) is 4. The lowest BCUT2D eigenvalue weighted by molar-refractivity contribution is 0.252. The molecule has 0 bridgehead atoms. The Morgan fingerprint density at radius 1 is 0.968 bits per heavy atom. The van der Waals surface area contributed by atoms with Gasteiger partial charge in [0.05, 0.1) is 7.11 Å². The van der Waals surface area contributed by atoms with Gasteiger partial charge in [0, 0.05) is 31.0 Å². The molecule has 2 aromatic heterocycles. The van der Waals surface area contributed by atoms with E-state index >= 15 is 0 Å². The summed E-state index contributed by atoms with van der Waals surface area (Å²) in [6, 6.07) is 10.9. The maximum atomic E-state index is 12.1. The highest BCUT2D eigenvalue weighted by molar-refractivity contribution is 5.90. The average molecular weight is 422 g/mol. The van der Waals surface area contributed by atoms with Crippen LogP contribution in [0, 0.1) is 20.8 Å². The SMILES string of the molecule is COc1ccc(NC(=O)NCCNc2cc(Nc3cc(C)ccn3)nc(C)n2)c(C)c1. The van der Waals surface area contributed by atoms with Crippen molar-refractivity contribution in [3.05, 3.63) is 59.5 Å². The number of carbonyl (C=O) groups is 1. The molecule has 0 aliphatic heterocycles. The molecule has 2 amide bonds. The van der Waals surface area contributed by atoms with Crippen molar-refractivity contribution in [1.29, 1.82) is 0 Å². The molecule has 31 heavy (non-hydrogen) atoms. The predicted molar refractivity (Wildman–Crippen MR) is 122 cm³/mol. The average Bonchev–Trinajstić information content (AvgIpc) is 2.72. The molecule has 0 aliphatic rings. The van der Waals surface area contributed by atoms with Crippen LogP contribution in [-0.4, -0.2) is 41.2 Å². The first-order valence-corrected chi connectivity index (χ1v) is 9.91. The quantitative estimate of drug-likeness (QED) is 0.409. The zero-order valence-corrected chi connectivity index (χ0v) is 18.1. The molecule has 0 aliphatic carbocycles. The van der Waals surface area contributed by atoms with E-state index in [0.29, 0.717) is 30.5 Å². The number of aromatic nitrogens is 3. The largest absolute Gasteiger partial charge is 0.497 e. The van der Waals surface area contributed by atoms with E-state index in [-0.39, 0.29) is 6.03 Å². The molecule has 0 radical (unpaired) electrons. The highest BCUT2D eigenvalue weighted by atomic mass is 16.5. The number of hydrogen-bond donors (Lipinski definition) is 4. The zero-order chi connectivity index (χ0) is 22.2. The van der Waals surface area contributed by atoms with Crippen molar-refractivity contribution in [3.8, 4) is 5.75 Å². The summed E-state index contributed by atoms with van der Waals surface area (Å²) in [4.78, 5) is 25.2. The maximum absolute atomic E-state index is 12.1. The van der Waals surface area contributed by atoms with E-state index in [4.69, 9.17) is 4.74 Å². The molecule has 0 atom stereocenters. The van der Waals surface area contributed by atoms with E-state index in [2.05, 4.69) is 36.2 Å². The van der Waals surface area contributed by atoms with Gasteiger partial charge in [-0.15, -0.1) is 0 Å². The number of benzene rings is 1. The topological polar surface area (TPSA) is 113 Å². The fourth-order valence-electron chi connectivity index (χ4n) is 2.89. The van der Waals surface area contributed by atoms with Gasteiger partial charge in [0.2, 0.25) is 0 Å². The second kappa shape index (κ2) is 10.2. The van der Waals surface area contributed by atoms with E-state index < -0.39 is 0 Å². The van der Waals surface area contributed by atoms with E-state index in [9.17, 15) is 4.79 Å². The van der Waals surface area contributed by atoms with Gasteiger partial charge in [-0.3, -0.25) is 0 Å². The summed E-state index contributed by atoms with van der Waals surface area (Å²) in [5, 5.41) is 12.0. The molecule has 4 N–H and O–H groups in total. The third-order valence-corrected chi connectivity index (χ3v) is 4.41. The Labute approximate surface area is 181 Å². The fraction of sp³-hybridized carbons (Fsp3) is 0.273. The van der Waals surface area contributed by atoms with Crippen LogP contribution >= 0.6 is 0 Å². The number of ether oxygens (including phenoxy) is 1. The summed E-state index contributed by atoms with van der Waals surface area (Å²) in [5.41, 5.74) is 2.76. The van der Waals surface area contributed by atoms with Crippen molar-refractivity contribution in [2.24, 2.45) is 0 Å². The molecule has 3 rings (SSSR count). The van der Waals surface area contributed by atoms with Gasteiger partial charge in [-0.1, -0.05) is 0 Å². The van der Waals surface area contributed by atoms with E-state index in [0.717, 1.165) is 28.4 Å². The second-order valence-electron chi connectivity index (χ2n) is 7.02. The highest BCUT2D eigenvalue weighted by Gasteiger charge is 2.06. The number of rotatable bonds is 8. The Morgan fingerprint density at radius 3 is 2.52 bits per heavy atom. The van der Waals surface area contributed by atoms with Crippen LogP contribution in [0.3, 0.4) is 0 Å². The van der Waals surface area contributed by atoms with Gasteiger partial charge >= 0.3 is 6.03 Å². The summed E-state index contributed by atoms with van der Waals surface area (Å²) < 4.78 is 5.18. The third-order valence-electron chi connectivity index (χ3n) is 4.41.